The van der Waals surface area contributed by atoms with Crippen molar-refractivity contribution < 1.29 is 19.1 Å². The molecule has 0 aliphatic heterocycles. The summed E-state index contributed by atoms with van der Waals surface area (Å²) in [5, 5.41) is 1.59. The molecule has 0 atom stereocenters. The molecule has 6 aromatic rings. The van der Waals surface area contributed by atoms with Gasteiger partial charge in [-0.15, -0.1) is 0 Å². The number of fused-ring (bicyclic) bond motifs is 2. The van der Waals surface area contributed by atoms with E-state index in [1.807, 2.05) is 112 Å². The van der Waals surface area contributed by atoms with Crippen LogP contribution in [0.25, 0.3) is 21.8 Å². The fraction of sp³-hybridized carbons (Fsp3) is 0.225. The highest BCUT2D eigenvalue weighted by atomic mass is 16.6. The first-order valence-electron chi connectivity index (χ1n) is 15.7. The number of carbonyl (C=O) groups excluding carboxylic acids is 3. The van der Waals surface area contributed by atoms with E-state index in [2.05, 4.69) is 17.1 Å². The van der Waals surface area contributed by atoms with E-state index in [1.165, 1.54) is 6.92 Å². The molecule has 0 spiro atoms. The van der Waals surface area contributed by atoms with E-state index in [0.29, 0.717) is 47.0 Å². The van der Waals surface area contributed by atoms with Gasteiger partial charge in [0.05, 0.1) is 5.52 Å². The zero-order chi connectivity index (χ0) is 32.4. The molecule has 2 heterocycles. The Morgan fingerprint density at radius 1 is 0.717 bits per heavy atom. The Bertz CT molecular complexity index is 2060. The van der Waals surface area contributed by atoms with Gasteiger partial charge in [0.15, 0.2) is 11.6 Å². The minimum atomic E-state index is -0.747. The molecule has 0 aliphatic carbocycles. The normalized spacial score (nSPS) is 11.7. The molecule has 0 saturated carbocycles. The monoisotopic (exact) mass is 610 g/mol. The number of nitrogens with zero attached hydrogens (tertiary/aromatic N) is 1. The van der Waals surface area contributed by atoms with Gasteiger partial charge in [0.25, 0.3) is 0 Å². The van der Waals surface area contributed by atoms with E-state index in [0.717, 1.165) is 33.3 Å². The Hall–Kier alpha value is -5.23. The molecule has 1 N–H and O–H groups in total. The zero-order valence-corrected chi connectivity index (χ0v) is 26.7. The standard InChI is InChI=1S/C40H38N2O4/c1-26(43)36-31-20-13-18-29(38(31)42(39(45)46-40(2,3)4)34(36)25-28-16-9-6-10-17-28)22-23-35(44)37-30-19-11-12-21-32(30)41-33(37)24-27-14-7-5-8-15-27/h5-21,41H,22-25H2,1-4H3. The lowest BCUT2D eigenvalue weighted by Crippen LogP contribution is -2.28. The predicted octanol–water partition coefficient (Wildman–Crippen LogP) is 9.11. The number of Topliss-reactive ketones (excluding diaryl/α,β-unsaturated/α-hetero) is 2. The van der Waals surface area contributed by atoms with Crippen molar-refractivity contribution in [1.29, 1.82) is 0 Å². The summed E-state index contributed by atoms with van der Waals surface area (Å²) >= 11 is 0. The minimum Gasteiger partial charge on any atom is -0.443 e. The second-order valence-electron chi connectivity index (χ2n) is 12.8. The third-order valence-corrected chi connectivity index (χ3v) is 8.22. The molecule has 0 unspecified atom stereocenters. The molecule has 2 aromatic heterocycles. The maximum absolute atomic E-state index is 14.1. The number of aryl methyl sites for hydroxylation is 1. The van der Waals surface area contributed by atoms with Crippen LogP contribution in [0.15, 0.2) is 103 Å². The summed E-state index contributed by atoms with van der Waals surface area (Å²) in [6.07, 6.45) is 1.05. The van der Waals surface area contributed by atoms with Crippen LogP contribution in [0.2, 0.25) is 0 Å². The summed E-state index contributed by atoms with van der Waals surface area (Å²) in [5.41, 5.74) is 6.36. The molecule has 0 radical (unpaired) electrons. The average Bonchev–Trinajstić information content (AvgIpc) is 3.55. The number of H-pyrrole nitrogens is 1. The Labute approximate surface area is 269 Å². The van der Waals surface area contributed by atoms with Gasteiger partial charge in [-0.3, -0.25) is 9.59 Å². The lowest BCUT2D eigenvalue weighted by molar-refractivity contribution is 0.0540. The average molecular weight is 611 g/mol. The number of hydrogen-bond donors (Lipinski definition) is 1. The number of aromatic nitrogens is 2. The first kappa shape index (κ1) is 30.8. The van der Waals surface area contributed by atoms with Crippen molar-refractivity contribution in [2.24, 2.45) is 0 Å². The molecule has 6 nitrogen and oxygen atoms in total. The maximum atomic E-state index is 14.1. The summed E-state index contributed by atoms with van der Waals surface area (Å²) in [5.74, 6) is -0.108. The fourth-order valence-corrected chi connectivity index (χ4v) is 6.34. The van der Waals surface area contributed by atoms with Crippen LogP contribution in [0.3, 0.4) is 0 Å². The molecule has 4 aromatic carbocycles. The lowest BCUT2D eigenvalue weighted by Gasteiger charge is -2.21. The summed E-state index contributed by atoms with van der Waals surface area (Å²) in [4.78, 5) is 44.7. The molecular weight excluding hydrogens is 572 g/mol. The van der Waals surface area contributed by atoms with Crippen LogP contribution in [0.1, 0.15) is 82.9 Å². The van der Waals surface area contributed by atoms with Crippen molar-refractivity contribution in [2.45, 2.75) is 59.0 Å². The smallest absolute Gasteiger partial charge is 0.419 e. The number of nitrogens with one attached hydrogen (secondary N) is 1. The largest absolute Gasteiger partial charge is 0.443 e. The summed E-state index contributed by atoms with van der Waals surface area (Å²) in [6, 6.07) is 33.5. The maximum Gasteiger partial charge on any atom is 0.419 e. The Morgan fingerprint density at radius 2 is 1.33 bits per heavy atom. The van der Waals surface area contributed by atoms with E-state index < -0.39 is 11.7 Å². The highest BCUT2D eigenvalue weighted by molar-refractivity contribution is 6.12. The number of para-hydroxylation sites is 2. The van der Waals surface area contributed by atoms with Crippen molar-refractivity contribution in [2.75, 3.05) is 0 Å². The predicted molar refractivity (Wildman–Crippen MR) is 183 cm³/mol. The fourth-order valence-electron chi connectivity index (χ4n) is 6.34. The highest BCUT2D eigenvalue weighted by Gasteiger charge is 2.29. The van der Waals surface area contributed by atoms with Gasteiger partial charge in [0.2, 0.25) is 0 Å². The summed E-state index contributed by atoms with van der Waals surface area (Å²) in [7, 11) is 0. The molecule has 232 valence electrons. The van der Waals surface area contributed by atoms with E-state index in [-0.39, 0.29) is 18.0 Å². The van der Waals surface area contributed by atoms with Gasteiger partial charge in [-0.25, -0.2) is 9.36 Å². The number of carbonyl (C=O) groups is 3. The lowest BCUT2D eigenvalue weighted by atomic mass is 9.96. The second-order valence-corrected chi connectivity index (χ2v) is 12.8. The second kappa shape index (κ2) is 12.6. The zero-order valence-electron chi connectivity index (χ0n) is 26.7. The van der Waals surface area contributed by atoms with Gasteiger partial charge >= 0.3 is 6.09 Å². The quantitative estimate of drug-likeness (QED) is 0.166. The van der Waals surface area contributed by atoms with Crippen molar-refractivity contribution in [1.82, 2.24) is 9.55 Å². The van der Waals surface area contributed by atoms with E-state index >= 15 is 0 Å². The van der Waals surface area contributed by atoms with Gasteiger partial charge in [0, 0.05) is 58.1 Å². The van der Waals surface area contributed by atoms with Gasteiger partial charge < -0.3 is 9.72 Å². The Kier molecular flexibility index (Phi) is 8.46. The third kappa shape index (κ3) is 6.29. The first-order chi connectivity index (χ1) is 22.1. The molecule has 6 rings (SSSR count). The number of rotatable bonds is 9. The number of ether oxygens (including phenoxy) is 1. The molecule has 46 heavy (non-hydrogen) atoms. The summed E-state index contributed by atoms with van der Waals surface area (Å²) in [6.45, 7) is 7.01. The van der Waals surface area contributed by atoms with Crippen LogP contribution in [0, 0.1) is 0 Å². The molecule has 0 fully saturated rings. The summed E-state index contributed by atoms with van der Waals surface area (Å²) < 4.78 is 7.47. The van der Waals surface area contributed by atoms with Gasteiger partial charge in [0.1, 0.15) is 5.60 Å². The van der Waals surface area contributed by atoms with Crippen LogP contribution in [-0.2, 0) is 24.0 Å². The van der Waals surface area contributed by atoms with Gasteiger partial charge in [-0.05, 0) is 56.9 Å². The van der Waals surface area contributed by atoms with Crippen LogP contribution in [0.4, 0.5) is 4.79 Å². The minimum absolute atomic E-state index is 0.0204. The molecular formula is C40H38N2O4. The van der Waals surface area contributed by atoms with Crippen molar-refractivity contribution >= 4 is 39.5 Å². The Balaban J connectivity index is 1.43. The van der Waals surface area contributed by atoms with Crippen LogP contribution >= 0.6 is 0 Å². The SMILES string of the molecule is CC(=O)c1c(Cc2ccccc2)n(C(=O)OC(C)(C)C)c2c(CCC(=O)c3c(Cc4ccccc4)[nH]c4ccccc34)cccc12. The molecule has 0 aliphatic rings. The Morgan fingerprint density at radius 3 is 1.98 bits per heavy atom. The number of hydrogen-bond acceptors (Lipinski definition) is 4. The van der Waals surface area contributed by atoms with Crippen LogP contribution < -0.4 is 0 Å². The molecule has 0 bridgehead atoms. The van der Waals surface area contributed by atoms with Crippen molar-refractivity contribution in [3.63, 3.8) is 0 Å². The van der Waals surface area contributed by atoms with Crippen LogP contribution in [0.5, 0.6) is 0 Å². The molecule has 6 heteroatoms. The van der Waals surface area contributed by atoms with E-state index in [9.17, 15) is 14.4 Å². The highest BCUT2D eigenvalue weighted by Crippen LogP contribution is 2.34. The number of benzene rings is 4. The molecule has 0 saturated heterocycles. The van der Waals surface area contributed by atoms with Crippen molar-refractivity contribution in [3.8, 4) is 0 Å². The topological polar surface area (TPSA) is 81.2 Å². The third-order valence-electron chi connectivity index (χ3n) is 8.22. The van der Waals surface area contributed by atoms with Crippen molar-refractivity contribution in [3.05, 3.63) is 142 Å². The van der Waals surface area contributed by atoms with Gasteiger partial charge in [-0.1, -0.05) is 97.1 Å². The van der Waals surface area contributed by atoms with Crippen LogP contribution in [-0.4, -0.2) is 32.8 Å². The first-order valence-corrected chi connectivity index (χ1v) is 15.7. The van der Waals surface area contributed by atoms with E-state index in [1.54, 1.807) is 4.57 Å². The van der Waals surface area contributed by atoms with E-state index in [4.69, 9.17) is 4.74 Å². The number of aromatic amines is 1. The molecule has 0 amide bonds. The number of ketones is 2. The van der Waals surface area contributed by atoms with Gasteiger partial charge in [-0.2, -0.15) is 0 Å².